The molecular formula is C14H18N4O. The van der Waals surface area contributed by atoms with Crippen LogP contribution >= 0.6 is 0 Å². The monoisotopic (exact) mass is 258 g/mol. The van der Waals surface area contributed by atoms with Gasteiger partial charge >= 0.3 is 0 Å². The lowest BCUT2D eigenvalue weighted by atomic mass is 9.88. The molecule has 1 heterocycles. The van der Waals surface area contributed by atoms with Gasteiger partial charge in [-0.05, 0) is 36.5 Å². The van der Waals surface area contributed by atoms with Crippen LogP contribution in [0.3, 0.4) is 0 Å². The summed E-state index contributed by atoms with van der Waals surface area (Å²) in [6.07, 6.45) is 4.76. The zero-order valence-corrected chi connectivity index (χ0v) is 11.0. The molecule has 1 atom stereocenters. The number of nitrogens with zero attached hydrogens (tertiary/aromatic N) is 3. The van der Waals surface area contributed by atoms with E-state index >= 15 is 0 Å². The quantitative estimate of drug-likeness (QED) is 0.910. The fraction of sp³-hybridized carbons (Fsp3) is 0.429. The normalized spacial score (nSPS) is 18.1. The van der Waals surface area contributed by atoms with Crippen LogP contribution in [0.25, 0.3) is 0 Å². The Balaban J connectivity index is 1.82. The van der Waals surface area contributed by atoms with E-state index < -0.39 is 0 Å². The topological polar surface area (TPSA) is 66.0 Å². The second kappa shape index (κ2) is 5.01. The van der Waals surface area contributed by atoms with Gasteiger partial charge in [-0.1, -0.05) is 12.1 Å². The minimum atomic E-state index is 0.141. The van der Waals surface area contributed by atoms with Crippen LogP contribution in [-0.4, -0.2) is 14.8 Å². The van der Waals surface area contributed by atoms with Crippen LogP contribution in [-0.2, 0) is 20.1 Å². The van der Waals surface area contributed by atoms with Gasteiger partial charge in [0.05, 0.1) is 0 Å². The lowest BCUT2D eigenvalue weighted by molar-refractivity contribution is 0.285. The summed E-state index contributed by atoms with van der Waals surface area (Å²) in [5.41, 5.74) is 8.63. The molecule has 1 aromatic heterocycles. The third-order valence-electron chi connectivity index (χ3n) is 3.67. The van der Waals surface area contributed by atoms with Crippen molar-refractivity contribution in [1.82, 2.24) is 14.8 Å². The van der Waals surface area contributed by atoms with Crippen LogP contribution in [0.2, 0.25) is 0 Å². The predicted octanol–water partition coefficient (Wildman–Crippen LogP) is 1.73. The molecule has 2 aromatic rings. The smallest absolute Gasteiger partial charge is 0.164 e. The zero-order valence-electron chi connectivity index (χ0n) is 11.0. The number of ether oxygens (including phenoxy) is 1. The van der Waals surface area contributed by atoms with Crippen molar-refractivity contribution in [2.45, 2.75) is 31.9 Å². The molecule has 0 saturated carbocycles. The average Bonchev–Trinajstić information content (AvgIpc) is 2.82. The molecule has 1 unspecified atom stereocenters. The summed E-state index contributed by atoms with van der Waals surface area (Å²) in [7, 11) is 1.86. The Morgan fingerprint density at radius 1 is 1.47 bits per heavy atom. The zero-order chi connectivity index (χ0) is 13.2. The molecule has 3 rings (SSSR count). The molecule has 1 aliphatic rings. The molecular weight excluding hydrogens is 240 g/mol. The highest BCUT2D eigenvalue weighted by Gasteiger charge is 2.20. The van der Waals surface area contributed by atoms with E-state index in [1.807, 2.05) is 19.2 Å². The molecule has 0 fully saturated rings. The van der Waals surface area contributed by atoms with E-state index in [2.05, 4.69) is 16.1 Å². The number of benzene rings is 1. The van der Waals surface area contributed by atoms with Crippen LogP contribution in [0.15, 0.2) is 24.5 Å². The third-order valence-corrected chi connectivity index (χ3v) is 3.67. The Kier molecular flexibility index (Phi) is 3.21. The Morgan fingerprint density at radius 2 is 2.37 bits per heavy atom. The van der Waals surface area contributed by atoms with E-state index in [1.54, 1.807) is 4.68 Å². The number of rotatable bonds is 3. The van der Waals surface area contributed by atoms with Gasteiger partial charge < -0.3 is 10.5 Å². The summed E-state index contributed by atoms with van der Waals surface area (Å²) in [5.74, 6) is 1.74. The fourth-order valence-corrected chi connectivity index (χ4v) is 2.58. The highest BCUT2D eigenvalue weighted by Crippen LogP contribution is 2.34. The maximum atomic E-state index is 6.15. The SMILES string of the molecule is Cn1ncnc1COc1cccc2c1CCCC2N. The van der Waals surface area contributed by atoms with Gasteiger partial charge in [0.25, 0.3) is 0 Å². The first-order valence-corrected chi connectivity index (χ1v) is 6.59. The Hall–Kier alpha value is -1.88. The Morgan fingerprint density at radius 3 is 3.16 bits per heavy atom. The molecule has 0 amide bonds. The van der Waals surface area contributed by atoms with Gasteiger partial charge in [-0.3, -0.25) is 4.68 Å². The molecule has 1 aliphatic carbocycles. The molecule has 0 spiro atoms. The third kappa shape index (κ3) is 2.33. The summed E-state index contributed by atoms with van der Waals surface area (Å²) >= 11 is 0. The largest absolute Gasteiger partial charge is 0.485 e. The van der Waals surface area contributed by atoms with Crippen LogP contribution in [0.5, 0.6) is 5.75 Å². The van der Waals surface area contributed by atoms with Crippen LogP contribution in [0, 0.1) is 0 Å². The summed E-state index contributed by atoms with van der Waals surface area (Å²) in [6, 6.07) is 6.26. The molecule has 0 bridgehead atoms. The molecule has 2 N–H and O–H groups in total. The molecule has 0 radical (unpaired) electrons. The summed E-state index contributed by atoms with van der Waals surface area (Å²) in [4.78, 5) is 4.16. The lowest BCUT2D eigenvalue weighted by Crippen LogP contribution is -2.18. The van der Waals surface area contributed by atoms with Gasteiger partial charge in [0.1, 0.15) is 18.7 Å². The van der Waals surface area contributed by atoms with Crippen molar-refractivity contribution in [2.75, 3.05) is 0 Å². The minimum Gasteiger partial charge on any atom is -0.485 e. The summed E-state index contributed by atoms with van der Waals surface area (Å²) < 4.78 is 7.62. The van der Waals surface area contributed by atoms with E-state index in [-0.39, 0.29) is 6.04 Å². The Labute approximate surface area is 112 Å². The van der Waals surface area contributed by atoms with E-state index in [9.17, 15) is 0 Å². The molecule has 5 nitrogen and oxygen atoms in total. The highest BCUT2D eigenvalue weighted by atomic mass is 16.5. The van der Waals surface area contributed by atoms with Crippen LogP contribution in [0.4, 0.5) is 0 Å². The first-order chi connectivity index (χ1) is 9.25. The van der Waals surface area contributed by atoms with E-state index in [0.29, 0.717) is 6.61 Å². The first-order valence-electron chi connectivity index (χ1n) is 6.59. The Bertz CT molecular complexity index is 579. The number of aryl methyl sites for hydroxylation is 1. The minimum absolute atomic E-state index is 0.141. The van der Waals surface area contributed by atoms with Gasteiger partial charge in [0, 0.05) is 13.1 Å². The van der Waals surface area contributed by atoms with Crippen LogP contribution in [0.1, 0.15) is 35.8 Å². The van der Waals surface area contributed by atoms with E-state index in [1.165, 1.54) is 17.5 Å². The van der Waals surface area contributed by atoms with Gasteiger partial charge in [-0.15, -0.1) is 0 Å². The second-order valence-corrected chi connectivity index (χ2v) is 4.91. The second-order valence-electron chi connectivity index (χ2n) is 4.91. The molecule has 19 heavy (non-hydrogen) atoms. The molecule has 100 valence electrons. The van der Waals surface area contributed by atoms with Crippen molar-refractivity contribution in [3.05, 3.63) is 41.5 Å². The van der Waals surface area contributed by atoms with Crippen molar-refractivity contribution in [1.29, 1.82) is 0 Å². The summed E-state index contributed by atoms with van der Waals surface area (Å²) in [5, 5.41) is 4.03. The average molecular weight is 258 g/mol. The molecule has 1 aromatic carbocycles. The van der Waals surface area contributed by atoms with Crippen molar-refractivity contribution >= 4 is 0 Å². The maximum Gasteiger partial charge on any atom is 0.164 e. The molecule has 5 heteroatoms. The summed E-state index contributed by atoms with van der Waals surface area (Å²) in [6.45, 7) is 0.433. The van der Waals surface area contributed by atoms with Gasteiger partial charge in [-0.25, -0.2) is 4.98 Å². The van der Waals surface area contributed by atoms with Crippen molar-refractivity contribution in [3.63, 3.8) is 0 Å². The van der Waals surface area contributed by atoms with Crippen molar-refractivity contribution < 1.29 is 4.74 Å². The van der Waals surface area contributed by atoms with Crippen LogP contribution < -0.4 is 10.5 Å². The maximum absolute atomic E-state index is 6.15. The van der Waals surface area contributed by atoms with E-state index in [4.69, 9.17) is 10.5 Å². The fourth-order valence-electron chi connectivity index (χ4n) is 2.58. The standard InChI is InChI=1S/C14H18N4O/c1-18-14(16-9-17-18)8-19-13-7-3-4-10-11(13)5-2-6-12(10)15/h3-4,7,9,12H,2,5-6,8,15H2,1H3. The first kappa shape index (κ1) is 12.2. The molecule has 0 saturated heterocycles. The molecule has 0 aliphatic heterocycles. The van der Waals surface area contributed by atoms with Gasteiger partial charge in [0.15, 0.2) is 5.82 Å². The highest BCUT2D eigenvalue weighted by molar-refractivity contribution is 5.43. The van der Waals surface area contributed by atoms with Gasteiger partial charge in [-0.2, -0.15) is 5.10 Å². The predicted molar refractivity (Wildman–Crippen MR) is 71.6 cm³/mol. The van der Waals surface area contributed by atoms with Gasteiger partial charge in [0.2, 0.25) is 0 Å². The van der Waals surface area contributed by atoms with Crippen molar-refractivity contribution in [3.8, 4) is 5.75 Å². The lowest BCUT2D eigenvalue weighted by Gasteiger charge is -2.24. The number of nitrogens with two attached hydrogens (primary N) is 1. The van der Waals surface area contributed by atoms with E-state index in [0.717, 1.165) is 30.8 Å². The number of hydrogen-bond acceptors (Lipinski definition) is 4. The van der Waals surface area contributed by atoms with Crippen molar-refractivity contribution in [2.24, 2.45) is 12.8 Å². The number of hydrogen-bond donors (Lipinski definition) is 1. The number of fused-ring (bicyclic) bond motifs is 1. The number of aromatic nitrogens is 3.